The summed E-state index contributed by atoms with van der Waals surface area (Å²) < 4.78 is 1.08. The van der Waals surface area contributed by atoms with Crippen LogP contribution in [0.15, 0.2) is 22.7 Å². The minimum Gasteiger partial charge on any atom is -0.306 e. The summed E-state index contributed by atoms with van der Waals surface area (Å²) in [5.41, 5.74) is 2.14. The maximum Gasteiger partial charge on any atom is 0.0849 e. The highest BCUT2D eigenvalue weighted by atomic mass is 79.9. The van der Waals surface area contributed by atoms with Gasteiger partial charge in [0, 0.05) is 4.47 Å². The molecule has 0 aromatic heterocycles. The molecule has 17 heavy (non-hydrogen) atoms. The lowest BCUT2D eigenvalue weighted by molar-refractivity contribution is 0.221. The molecule has 0 atom stereocenters. The van der Waals surface area contributed by atoms with Gasteiger partial charge in [0.25, 0.3) is 0 Å². The van der Waals surface area contributed by atoms with E-state index in [0.29, 0.717) is 0 Å². The van der Waals surface area contributed by atoms with Crippen LogP contribution in [0, 0.1) is 18.3 Å². The zero-order valence-electron chi connectivity index (χ0n) is 10.3. The highest BCUT2D eigenvalue weighted by Gasteiger charge is 2.36. The third-order valence-electron chi connectivity index (χ3n) is 3.76. The number of likely N-dealkylation sites (tertiary alicyclic amines) is 1. The lowest BCUT2D eigenvalue weighted by Crippen LogP contribution is -2.40. The van der Waals surface area contributed by atoms with Gasteiger partial charge < -0.3 is 4.90 Å². The van der Waals surface area contributed by atoms with Crippen LogP contribution in [0.3, 0.4) is 0 Å². The van der Waals surface area contributed by atoms with Crippen molar-refractivity contribution in [2.45, 2.75) is 25.2 Å². The number of benzene rings is 1. The van der Waals surface area contributed by atoms with E-state index in [4.69, 9.17) is 0 Å². The second-order valence-electron chi connectivity index (χ2n) is 4.96. The summed E-state index contributed by atoms with van der Waals surface area (Å²) in [5, 5.41) is 9.59. The molecule has 1 fully saturated rings. The van der Waals surface area contributed by atoms with Gasteiger partial charge in [-0.25, -0.2) is 0 Å². The van der Waals surface area contributed by atoms with Gasteiger partial charge in [-0.15, -0.1) is 0 Å². The van der Waals surface area contributed by atoms with Crippen LogP contribution in [0.2, 0.25) is 0 Å². The molecule has 2 rings (SSSR count). The van der Waals surface area contributed by atoms with E-state index in [1.807, 2.05) is 6.07 Å². The molecule has 1 aliphatic heterocycles. The molecule has 1 heterocycles. The smallest absolute Gasteiger partial charge is 0.0849 e. The number of hydrogen-bond donors (Lipinski definition) is 0. The number of piperidine rings is 1. The number of nitriles is 1. The summed E-state index contributed by atoms with van der Waals surface area (Å²) in [6.07, 6.45) is 1.87. The van der Waals surface area contributed by atoms with Crippen LogP contribution in [0.1, 0.15) is 24.0 Å². The lowest BCUT2D eigenvalue weighted by Gasteiger charge is -2.36. The topological polar surface area (TPSA) is 27.0 Å². The SMILES string of the molecule is Cc1cc(Br)ccc1C1(C#N)CCN(C)CC1. The molecule has 1 saturated heterocycles. The van der Waals surface area contributed by atoms with E-state index in [0.717, 1.165) is 30.4 Å². The Bertz CT molecular complexity index is 454. The van der Waals surface area contributed by atoms with Crippen LogP contribution in [-0.4, -0.2) is 25.0 Å². The summed E-state index contributed by atoms with van der Waals surface area (Å²) >= 11 is 3.48. The molecule has 0 N–H and O–H groups in total. The first-order chi connectivity index (χ1) is 8.07. The Labute approximate surface area is 111 Å². The highest BCUT2D eigenvalue weighted by molar-refractivity contribution is 9.10. The molecule has 0 unspecified atom stereocenters. The number of hydrogen-bond acceptors (Lipinski definition) is 2. The Morgan fingerprint density at radius 3 is 2.53 bits per heavy atom. The van der Waals surface area contributed by atoms with E-state index in [-0.39, 0.29) is 5.41 Å². The molecule has 3 heteroatoms. The average Bonchev–Trinajstić information content (AvgIpc) is 2.31. The van der Waals surface area contributed by atoms with E-state index in [1.54, 1.807) is 0 Å². The minimum atomic E-state index is -0.280. The molecular formula is C14H17BrN2. The number of nitrogens with zero attached hydrogens (tertiary/aromatic N) is 2. The summed E-state index contributed by atoms with van der Waals surface area (Å²) in [6, 6.07) is 8.82. The number of aryl methyl sites for hydroxylation is 1. The van der Waals surface area contributed by atoms with Crippen molar-refractivity contribution in [1.29, 1.82) is 5.26 Å². The molecular weight excluding hydrogens is 276 g/mol. The monoisotopic (exact) mass is 292 g/mol. The Hall–Kier alpha value is -0.850. The van der Waals surface area contributed by atoms with Gasteiger partial charge in [-0.3, -0.25) is 0 Å². The van der Waals surface area contributed by atoms with Crippen LogP contribution in [-0.2, 0) is 5.41 Å². The molecule has 1 aromatic carbocycles. The van der Waals surface area contributed by atoms with E-state index >= 15 is 0 Å². The molecule has 0 spiro atoms. The maximum absolute atomic E-state index is 9.59. The van der Waals surface area contributed by atoms with Crippen molar-refractivity contribution < 1.29 is 0 Å². The normalized spacial score (nSPS) is 19.9. The number of halogens is 1. The zero-order valence-corrected chi connectivity index (χ0v) is 11.9. The van der Waals surface area contributed by atoms with E-state index in [9.17, 15) is 5.26 Å². The van der Waals surface area contributed by atoms with Gasteiger partial charge in [-0.05, 0) is 63.2 Å². The largest absolute Gasteiger partial charge is 0.306 e. The quantitative estimate of drug-likeness (QED) is 0.794. The summed E-state index contributed by atoms with van der Waals surface area (Å²) in [6.45, 7) is 4.10. The van der Waals surface area contributed by atoms with Crippen LogP contribution in [0.25, 0.3) is 0 Å². The summed E-state index contributed by atoms with van der Waals surface area (Å²) in [7, 11) is 2.12. The van der Waals surface area contributed by atoms with E-state index < -0.39 is 0 Å². The molecule has 0 bridgehead atoms. The molecule has 1 aliphatic rings. The van der Waals surface area contributed by atoms with Gasteiger partial charge in [0.2, 0.25) is 0 Å². The number of rotatable bonds is 1. The van der Waals surface area contributed by atoms with Crippen LogP contribution in [0.4, 0.5) is 0 Å². The van der Waals surface area contributed by atoms with Crippen LogP contribution < -0.4 is 0 Å². The van der Waals surface area contributed by atoms with Gasteiger partial charge in [0.05, 0.1) is 11.5 Å². The Morgan fingerprint density at radius 1 is 1.35 bits per heavy atom. The summed E-state index contributed by atoms with van der Waals surface area (Å²) in [5.74, 6) is 0. The van der Waals surface area contributed by atoms with Crippen molar-refractivity contribution in [3.63, 3.8) is 0 Å². The van der Waals surface area contributed by atoms with Crippen LogP contribution >= 0.6 is 15.9 Å². The molecule has 1 aromatic rings. The van der Waals surface area contributed by atoms with E-state index in [2.05, 4.69) is 53.0 Å². The first-order valence-corrected chi connectivity index (χ1v) is 6.73. The second-order valence-corrected chi connectivity index (χ2v) is 5.87. The molecule has 0 saturated carbocycles. The molecule has 0 aliphatic carbocycles. The Balaban J connectivity index is 2.39. The van der Waals surface area contributed by atoms with Gasteiger partial charge in [-0.1, -0.05) is 22.0 Å². The predicted molar refractivity (Wildman–Crippen MR) is 72.9 cm³/mol. The Kier molecular flexibility index (Phi) is 3.56. The third kappa shape index (κ3) is 2.38. The fourth-order valence-electron chi connectivity index (χ4n) is 2.61. The van der Waals surface area contributed by atoms with Crippen molar-refractivity contribution >= 4 is 15.9 Å². The molecule has 90 valence electrons. The van der Waals surface area contributed by atoms with Gasteiger partial charge in [0.1, 0.15) is 0 Å². The Morgan fingerprint density at radius 2 is 2.00 bits per heavy atom. The first kappa shape index (κ1) is 12.6. The van der Waals surface area contributed by atoms with E-state index in [1.165, 1.54) is 11.1 Å². The first-order valence-electron chi connectivity index (χ1n) is 5.94. The fourth-order valence-corrected chi connectivity index (χ4v) is 3.08. The van der Waals surface area contributed by atoms with Crippen molar-refractivity contribution in [1.82, 2.24) is 4.90 Å². The van der Waals surface area contributed by atoms with Crippen molar-refractivity contribution in [3.05, 3.63) is 33.8 Å². The van der Waals surface area contributed by atoms with Gasteiger partial charge in [0.15, 0.2) is 0 Å². The maximum atomic E-state index is 9.59. The average molecular weight is 293 g/mol. The lowest BCUT2D eigenvalue weighted by atomic mass is 9.72. The minimum absolute atomic E-state index is 0.280. The zero-order chi connectivity index (χ0) is 12.5. The highest BCUT2D eigenvalue weighted by Crippen LogP contribution is 2.37. The predicted octanol–water partition coefficient (Wildman–Crippen LogP) is 3.24. The van der Waals surface area contributed by atoms with Crippen molar-refractivity contribution in [3.8, 4) is 6.07 Å². The van der Waals surface area contributed by atoms with Gasteiger partial charge in [-0.2, -0.15) is 5.26 Å². The second kappa shape index (κ2) is 4.80. The van der Waals surface area contributed by atoms with Crippen molar-refractivity contribution in [2.24, 2.45) is 0 Å². The molecule has 0 amide bonds. The third-order valence-corrected chi connectivity index (χ3v) is 4.25. The summed E-state index contributed by atoms with van der Waals surface area (Å²) in [4.78, 5) is 2.30. The fraction of sp³-hybridized carbons (Fsp3) is 0.500. The van der Waals surface area contributed by atoms with Crippen molar-refractivity contribution in [2.75, 3.05) is 20.1 Å². The van der Waals surface area contributed by atoms with Gasteiger partial charge >= 0.3 is 0 Å². The van der Waals surface area contributed by atoms with Crippen LogP contribution in [0.5, 0.6) is 0 Å². The molecule has 0 radical (unpaired) electrons. The standard InChI is InChI=1S/C14H17BrN2/c1-11-9-12(15)3-4-13(11)14(10-16)5-7-17(2)8-6-14/h3-4,9H,5-8H2,1-2H3. The molecule has 2 nitrogen and oxygen atoms in total.